The molecule has 0 bridgehead atoms. The lowest BCUT2D eigenvalue weighted by molar-refractivity contribution is 0.0303. The summed E-state index contributed by atoms with van der Waals surface area (Å²) in [5.74, 6) is 0.615. The second kappa shape index (κ2) is 7.64. The maximum atomic E-state index is 12.8. The molecule has 170 valence electrons. The first-order chi connectivity index (χ1) is 16.0. The number of amides is 1. The predicted molar refractivity (Wildman–Crippen MR) is 123 cm³/mol. The Morgan fingerprint density at radius 1 is 1.18 bits per heavy atom. The number of anilines is 1. The van der Waals surface area contributed by atoms with Gasteiger partial charge in [0, 0.05) is 43.4 Å². The largest absolute Gasteiger partial charge is 0.381 e. The van der Waals surface area contributed by atoms with E-state index in [0.717, 1.165) is 24.3 Å². The molecule has 3 aromatic rings. The van der Waals surface area contributed by atoms with Crippen LogP contribution in [0.4, 0.5) is 5.82 Å². The number of nitrogens with zero attached hydrogens (tertiary/aromatic N) is 6. The molecule has 9 nitrogen and oxygen atoms in total. The number of carbonyl (C=O) groups excluding carboxylic acids is 1. The number of nitrogen functional groups attached to an aromatic ring is 1. The van der Waals surface area contributed by atoms with Gasteiger partial charge in [0.15, 0.2) is 11.6 Å². The Bertz CT molecular complexity index is 1230. The average Bonchev–Trinajstić information content (AvgIpc) is 3.41. The molecule has 1 spiro atoms. The van der Waals surface area contributed by atoms with Gasteiger partial charge in [-0.15, -0.1) is 0 Å². The number of hydrogen-bond acceptors (Lipinski definition) is 7. The number of aromatic nitrogens is 4. The van der Waals surface area contributed by atoms with Crippen LogP contribution in [0.2, 0.25) is 0 Å². The molecule has 0 unspecified atom stereocenters. The number of hydrogen-bond donors (Lipinski definition) is 1. The van der Waals surface area contributed by atoms with Crippen molar-refractivity contribution in [3.8, 4) is 17.1 Å². The minimum Gasteiger partial charge on any atom is -0.381 e. The molecule has 1 saturated carbocycles. The molecule has 3 aliphatic rings. The lowest BCUT2D eigenvalue weighted by Crippen LogP contribution is -2.40. The van der Waals surface area contributed by atoms with Crippen LogP contribution in [0, 0.1) is 0 Å². The van der Waals surface area contributed by atoms with Crippen LogP contribution in [0.5, 0.6) is 0 Å². The highest BCUT2D eigenvalue weighted by molar-refractivity contribution is 5.94. The van der Waals surface area contributed by atoms with Crippen LogP contribution in [0.25, 0.3) is 17.1 Å². The molecule has 2 fully saturated rings. The monoisotopic (exact) mass is 445 g/mol. The van der Waals surface area contributed by atoms with Gasteiger partial charge in [-0.2, -0.15) is 5.10 Å². The van der Waals surface area contributed by atoms with Gasteiger partial charge in [0.1, 0.15) is 0 Å². The molecular weight excluding hydrogens is 418 g/mol. The van der Waals surface area contributed by atoms with Gasteiger partial charge < -0.3 is 20.3 Å². The summed E-state index contributed by atoms with van der Waals surface area (Å²) in [6.07, 6.45) is 7.44. The minimum absolute atomic E-state index is 0.0694. The van der Waals surface area contributed by atoms with Crippen LogP contribution < -0.4 is 5.73 Å². The molecule has 33 heavy (non-hydrogen) atoms. The first-order valence-corrected chi connectivity index (χ1v) is 11.4. The van der Waals surface area contributed by atoms with Crippen LogP contribution in [-0.2, 0) is 16.7 Å². The Morgan fingerprint density at radius 2 is 2.00 bits per heavy atom. The van der Waals surface area contributed by atoms with Crippen LogP contribution >= 0.6 is 0 Å². The van der Waals surface area contributed by atoms with Crippen molar-refractivity contribution in [1.29, 1.82) is 0 Å². The topological polar surface area (TPSA) is 102 Å². The maximum absolute atomic E-state index is 12.8. The summed E-state index contributed by atoms with van der Waals surface area (Å²) in [6.45, 7) is 4.34. The third-order valence-corrected chi connectivity index (χ3v) is 6.96. The van der Waals surface area contributed by atoms with Crippen molar-refractivity contribution in [2.45, 2.75) is 24.8 Å². The molecule has 0 atom stereocenters. The quantitative estimate of drug-likeness (QED) is 0.656. The lowest BCUT2D eigenvalue weighted by Gasteiger charge is -2.32. The Kier molecular flexibility index (Phi) is 4.70. The molecule has 2 N–H and O–H groups in total. The Morgan fingerprint density at radius 3 is 2.79 bits per heavy atom. The molecule has 0 radical (unpaired) electrons. The molecule has 4 heterocycles. The minimum atomic E-state index is -0.0694. The number of ether oxygens (including phenoxy) is 1. The van der Waals surface area contributed by atoms with Crippen molar-refractivity contribution in [3.05, 3.63) is 53.5 Å². The van der Waals surface area contributed by atoms with Gasteiger partial charge in [-0.05, 0) is 37.1 Å². The fourth-order valence-corrected chi connectivity index (χ4v) is 5.12. The van der Waals surface area contributed by atoms with Crippen LogP contribution in [0.1, 0.15) is 34.3 Å². The van der Waals surface area contributed by atoms with Crippen molar-refractivity contribution >= 4 is 11.7 Å². The lowest BCUT2D eigenvalue weighted by atomic mass is 9.86. The standard InChI is InChI=1S/C24H27N7O2/c1-29-13-17-10-16(2-3-19(17)24(15-29)4-5-24)20-12-26-21(25)22(28-20)31-14-18(11-27-31)23(32)30-6-8-33-9-7-30/h2-3,10-12,14H,4-9,13,15H2,1H3,(H2,25,26). The first kappa shape index (κ1) is 20.3. The van der Waals surface area contributed by atoms with Crippen molar-refractivity contribution in [2.75, 3.05) is 45.6 Å². The smallest absolute Gasteiger partial charge is 0.257 e. The van der Waals surface area contributed by atoms with E-state index in [-0.39, 0.29) is 11.7 Å². The molecule has 1 amide bonds. The van der Waals surface area contributed by atoms with Crippen LogP contribution in [-0.4, -0.2) is 75.4 Å². The van der Waals surface area contributed by atoms with Gasteiger partial charge in [0.25, 0.3) is 5.91 Å². The highest BCUT2D eigenvalue weighted by Crippen LogP contribution is 2.52. The molecule has 1 aromatic carbocycles. The Balaban J connectivity index is 1.31. The number of fused-ring (bicyclic) bond motifs is 2. The van der Waals surface area contributed by atoms with E-state index in [1.54, 1.807) is 23.5 Å². The summed E-state index contributed by atoms with van der Waals surface area (Å²) in [6, 6.07) is 6.62. The number of nitrogens with two attached hydrogens (primary N) is 1. The van der Waals surface area contributed by atoms with Gasteiger partial charge >= 0.3 is 0 Å². The fourth-order valence-electron chi connectivity index (χ4n) is 5.12. The van der Waals surface area contributed by atoms with Gasteiger partial charge in [-0.1, -0.05) is 12.1 Å². The normalized spacial score (nSPS) is 19.5. The molecule has 2 aromatic heterocycles. The summed E-state index contributed by atoms with van der Waals surface area (Å²) in [5.41, 5.74) is 11.6. The molecule has 2 aliphatic heterocycles. The highest BCUT2D eigenvalue weighted by atomic mass is 16.5. The molecule has 1 aliphatic carbocycles. The van der Waals surface area contributed by atoms with Gasteiger partial charge in [0.2, 0.25) is 0 Å². The molecule has 1 saturated heterocycles. The van der Waals surface area contributed by atoms with E-state index < -0.39 is 0 Å². The second-order valence-electron chi connectivity index (χ2n) is 9.37. The van der Waals surface area contributed by atoms with Crippen molar-refractivity contribution in [3.63, 3.8) is 0 Å². The number of morpholine rings is 1. The van der Waals surface area contributed by atoms with Gasteiger partial charge in [-0.3, -0.25) is 4.79 Å². The third kappa shape index (κ3) is 3.57. The number of benzene rings is 1. The summed E-state index contributed by atoms with van der Waals surface area (Å²) in [4.78, 5) is 26.1. The van der Waals surface area contributed by atoms with E-state index in [2.05, 4.69) is 40.2 Å². The van der Waals surface area contributed by atoms with Crippen molar-refractivity contribution in [1.82, 2.24) is 29.5 Å². The van der Waals surface area contributed by atoms with Crippen LogP contribution in [0.3, 0.4) is 0 Å². The summed E-state index contributed by atoms with van der Waals surface area (Å²) < 4.78 is 6.87. The van der Waals surface area contributed by atoms with E-state index in [0.29, 0.717) is 43.1 Å². The van der Waals surface area contributed by atoms with Gasteiger partial charge in [-0.25, -0.2) is 14.6 Å². The highest BCUT2D eigenvalue weighted by Gasteiger charge is 2.48. The first-order valence-electron chi connectivity index (χ1n) is 11.4. The Labute approximate surface area is 192 Å². The summed E-state index contributed by atoms with van der Waals surface area (Å²) >= 11 is 0. The average molecular weight is 446 g/mol. The zero-order valence-corrected chi connectivity index (χ0v) is 18.7. The second-order valence-corrected chi connectivity index (χ2v) is 9.37. The predicted octanol–water partition coefficient (Wildman–Crippen LogP) is 1.86. The molecular formula is C24H27N7O2. The number of likely N-dealkylation sites (N-methyl/N-ethyl adjacent to an activating group) is 1. The van der Waals surface area contributed by atoms with E-state index in [1.807, 2.05) is 0 Å². The number of rotatable bonds is 3. The third-order valence-electron chi connectivity index (χ3n) is 6.96. The SMILES string of the molecule is CN1Cc2cc(-c3cnc(N)c(-n4cc(C(=O)N5CCOCC5)cn4)n3)ccc2C2(CC2)C1. The van der Waals surface area contributed by atoms with Crippen molar-refractivity contribution < 1.29 is 9.53 Å². The van der Waals surface area contributed by atoms with E-state index >= 15 is 0 Å². The van der Waals surface area contributed by atoms with Crippen LogP contribution in [0.15, 0.2) is 36.8 Å². The van der Waals surface area contributed by atoms with E-state index in [1.165, 1.54) is 28.7 Å². The number of carbonyl (C=O) groups is 1. The van der Waals surface area contributed by atoms with E-state index in [4.69, 9.17) is 15.5 Å². The Hall–Kier alpha value is -3.30. The van der Waals surface area contributed by atoms with E-state index in [9.17, 15) is 4.79 Å². The summed E-state index contributed by atoms with van der Waals surface area (Å²) in [5, 5.41) is 4.35. The zero-order valence-electron chi connectivity index (χ0n) is 18.7. The zero-order chi connectivity index (χ0) is 22.6. The van der Waals surface area contributed by atoms with Gasteiger partial charge in [0.05, 0.1) is 36.9 Å². The maximum Gasteiger partial charge on any atom is 0.257 e. The van der Waals surface area contributed by atoms with Crippen molar-refractivity contribution in [2.24, 2.45) is 0 Å². The fraction of sp³-hybridized carbons (Fsp3) is 0.417. The molecule has 6 rings (SSSR count). The summed E-state index contributed by atoms with van der Waals surface area (Å²) in [7, 11) is 2.18. The molecule has 9 heteroatoms.